The van der Waals surface area contributed by atoms with Crippen LogP contribution in [0.5, 0.6) is 5.75 Å². The van der Waals surface area contributed by atoms with Gasteiger partial charge in [0.2, 0.25) is 0 Å². The second-order valence-electron chi connectivity index (χ2n) is 6.54. The Bertz CT molecular complexity index is 708. The van der Waals surface area contributed by atoms with E-state index in [1.807, 2.05) is 18.2 Å². The number of ether oxygens (including phenoxy) is 1. The second kappa shape index (κ2) is 6.54. The Morgan fingerprint density at radius 2 is 2.21 bits per heavy atom. The summed E-state index contributed by atoms with van der Waals surface area (Å²) >= 11 is 7.58. The van der Waals surface area contributed by atoms with Gasteiger partial charge in [-0.2, -0.15) is 0 Å². The molecule has 1 aromatic rings. The fourth-order valence-electron chi connectivity index (χ4n) is 3.77. The van der Waals surface area contributed by atoms with Gasteiger partial charge in [-0.25, -0.2) is 4.99 Å². The molecule has 1 aliphatic heterocycles. The van der Waals surface area contributed by atoms with Gasteiger partial charge in [-0.05, 0) is 36.8 Å². The molecule has 2 aliphatic carbocycles. The molecule has 3 aliphatic rings. The van der Waals surface area contributed by atoms with Crippen molar-refractivity contribution in [3.05, 3.63) is 41.4 Å². The summed E-state index contributed by atoms with van der Waals surface area (Å²) in [4.78, 5) is 15.7. The summed E-state index contributed by atoms with van der Waals surface area (Å²) < 4.78 is 5.79. The second-order valence-corrected chi connectivity index (χ2v) is 8.10. The number of para-hydroxylation sites is 1. The number of carbonyl (C=O) groups is 1. The van der Waals surface area contributed by atoms with Crippen molar-refractivity contribution in [3.8, 4) is 5.75 Å². The van der Waals surface area contributed by atoms with E-state index in [4.69, 9.17) is 16.3 Å². The molecule has 1 aromatic carbocycles. The SMILES string of the molecule is O=C1N=CSC1(CCOc1ccccc1Cl)NC1CC2C=CC1C2. The standard InChI is InChI=1S/C18H19ClN2O2S/c19-14-3-1-2-4-16(14)23-8-7-18(17(22)20-11-24-18)21-15-10-12-5-6-13(15)9-12/h1-6,11-13,15,21H,7-10H2. The molecule has 1 saturated carbocycles. The third kappa shape index (κ3) is 3.01. The van der Waals surface area contributed by atoms with E-state index < -0.39 is 4.87 Å². The number of amides is 1. The molecule has 1 heterocycles. The lowest BCUT2D eigenvalue weighted by atomic mass is 9.99. The first-order valence-corrected chi connectivity index (χ1v) is 9.50. The monoisotopic (exact) mass is 362 g/mol. The minimum atomic E-state index is -0.704. The summed E-state index contributed by atoms with van der Waals surface area (Å²) in [5.74, 6) is 1.73. The molecule has 2 bridgehead atoms. The topological polar surface area (TPSA) is 50.7 Å². The molecule has 126 valence electrons. The van der Waals surface area contributed by atoms with Crippen molar-refractivity contribution in [2.45, 2.75) is 30.2 Å². The van der Waals surface area contributed by atoms with Gasteiger partial charge in [-0.1, -0.05) is 47.6 Å². The third-order valence-electron chi connectivity index (χ3n) is 5.02. The van der Waals surface area contributed by atoms with Crippen LogP contribution in [0.2, 0.25) is 5.02 Å². The highest BCUT2D eigenvalue weighted by atomic mass is 35.5. The Balaban J connectivity index is 1.41. The van der Waals surface area contributed by atoms with Crippen molar-refractivity contribution in [1.82, 2.24) is 5.32 Å². The van der Waals surface area contributed by atoms with Crippen LogP contribution in [0.4, 0.5) is 0 Å². The number of thioether (sulfide) groups is 1. The molecule has 4 atom stereocenters. The summed E-state index contributed by atoms with van der Waals surface area (Å²) in [6, 6.07) is 7.73. The van der Waals surface area contributed by atoms with Crippen molar-refractivity contribution < 1.29 is 9.53 Å². The number of fused-ring (bicyclic) bond motifs is 2. The molecule has 4 unspecified atom stereocenters. The maximum Gasteiger partial charge on any atom is 0.277 e. The number of rotatable bonds is 6. The van der Waals surface area contributed by atoms with E-state index in [-0.39, 0.29) is 5.91 Å². The Labute approximate surface area is 150 Å². The molecular weight excluding hydrogens is 344 g/mol. The van der Waals surface area contributed by atoms with Crippen LogP contribution in [0.3, 0.4) is 0 Å². The molecule has 6 heteroatoms. The predicted octanol–water partition coefficient (Wildman–Crippen LogP) is 3.66. The zero-order valence-corrected chi connectivity index (χ0v) is 14.7. The zero-order valence-electron chi connectivity index (χ0n) is 13.2. The molecule has 24 heavy (non-hydrogen) atoms. The Morgan fingerprint density at radius 3 is 2.88 bits per heavy atom. The number of nitrogens with zero attached hydrogens (tertiary/aromatic N) is 1. The van der Waals surface area contributed by atoms with E-state index in [0.29, 0.717) is 41.7 Å². The predicted molar refractivity (Wildman–Crippen MR) is 97.7 cm³/mol. The van der Waals surface area contributed by atoms with Crippen LogP contribution >= 0.6 is 23.4 Å². The van der Waals surface area contributed by atoms with Crippen LogP contribution in [0.15, 0.2) is 41.4 Å². The Morgan fingerprint density at radius 1 is 1.33 bits per heavy atom. The van der Waals surface area contributed by atoms with Crippen LogP contribution in [0, 0.1) is 11.8 Å². The van der Waals surface area contributed by atoms with Crippen molar-refractivity contribution in [1.29, 1.82) is 0 Å². The van der Waals surface area contributed by atoms with Gasteiger partial charge >= 0.3 is 0 Å². The molecule has 4 rings (SSSR count). The fourth-order valence-corrected chi connectivity index (χ4v) is 4.86. The van der Waals surface area contributed by atoms with E-state index in [1.54, 1.807) is 11.6 Å². The lowest BCUT2D eigenvalue weighted by Crippen LogP contribution is -2.53. The number of nitrogens with one attached hydrogen (secondary N) is 1. The average Bonchev–Trinajstić information content (AvgIpc) is 3.27. The fraction of sp³-hybridized carbons (Fsp3) is 0.444. The number of halogens is 1. The molecular formula is C18H19ClN2O2S. The maximum absolute atomic E-state index is 12.4. The van der Waals surface area contributed by atoms with Crippen LogP contribution in [-0.2, 0) is 4.79 Å². The minimum absolute atomic E-state index is 0.109. The summed E-state index contributed by atoms with van der Waals surface area (Å²) in [5, 5.41) is 4.18. The highest BCUT2D eigenvalue weighted by Crippen LogP contribution is 2.42. The molecule has 1 fully saturated rings. The quantitative estimate of drug-likeness (QED) is 0.784. The lowest BCUT2D eigenvalue weighted by Gasteiger charge is -2.32. The number of aliphatic imine (C=N–C) groups is 1. The van der Waals surface area contributed by atoms with Crippen molar-refractivity contribution >= 4 is 34.8 Å². The normalized spacial score (nSPS) is 33.5. The Hall–Kier alpha value is -1.30. The molecule has 1 amide bonds. The lowest BCUT2D eigenvalue weighted by molar-refractivity contribution is -0.121. The van der Waals surface area contributed by atoms with Gasteiger partial charge in [0.05, 0.1) is 17.2 Å². The summed E-state index contributed by atoms with van der Waals surface area (Å²) in [6.45, 7) is 0.412. The number of hydrogen-bond donors (Lipinski definition) is 1. The molecule has 0 saturated heterocycles. The van der Waals surface area contributed by atoms with Gasteiger partial charge in [0, 0.05) is 12.5 Å². The third-order valence-corrected chi connectivity index (χ3v) is 6.44. The van der Waals surface area contributed by atoms with Crippen LogP contribution in [-0.4, -0.2) is 29.0 Å². The molecule has 1 N–H and O–H groups in total. The first-order valence-electron chi connectivity index (χ1n) is 8.24. The molecule has 0 aromatic heterocycles. The first kappa shape index (κ1) is 16.2. The van der Waals surface area contributed by atoms with Crippen molar-refractivity contribution in [3.63, 3.8) is 0 Å². The smallest absolute Gasteiger partial charge is 0.277 e. The number of allylic oxidation sites excluding steroid dienone is 1. The number of carbonyl (C=O) groups excluding carboxylic acids is 1. The largest absolute Gasteiger partial charge is 0.492 e. The van der Waals surface area contributed by atoms with Crippen LogP contribution in [0.25, 0.3) is 0 Å². The van der Waals surface area contributed by atoms with Gasteiger partial charge in [-0.3, -0.25) is 10.1 Å². The molecule has 0 spiro atoms. The molecule has 0 radical (unpaired) electrons. The van der Waals surface area contributed by atoms with E-state index >= 15 is 0 Å². The highest BCUT2D eigenvalue weighted by molar-refractivity contribution is 8.14. The van der Waals surface area contributed by atoms with Crippen LogP contribution < -0.4 is 10.1 Å². The first-order chi connectivity index (χ1) is 11.7. The zero-order chi connectivity index (χ0) is 16.6. The average molecular weight is 363 g/mol. The van der Waals surface area contributed by atoms with E-state index in [2.05, 4.69) is 22.5 Å². The van der Waals surface area contributed by atoms with E-state index in [9.17, 15) is 4.79 Å². The highest BCUT2D eigenvalue weighted by Gasteiger charge is 2.47. The summed E-state index contributed by atoms with van der Waals surface area (Å²) in [6.07, 6.45) is 7.44. The van der Waals surface area contributed by atoms with Gasteiger partial charge in [0.15, 0.2) is 4.87 Å². The number of hydrogen-bond acceptors (Lipinski definition) is 4. The van der Waals surface area contributed by atoms with Crippen LogP contribution in [0.1, 0.15) is 19.3 Å². The maximum atomic E-state index is 12.4. The van der Waals surface area contributed by atoms with Gasteiger partial charge in [-0.15, -0.1) is 0 Å². The summed E-state index contributed by atoms with van der Waals surface area (Å²) in [7, 11) is 0. The minimum Gasteiger partial charge on any atom is -0.492 e. The number of benzene rings is 1. The van der Waals surface area contributed by atoms with E-state index in [0.717, 1.165) is 6.42 Å². The van der Waals surface area contributed by atoms with Gasteiger partial charge in [0.25, 0.3) is 5.91 Å². The van der Waals surface area contributed by atoms with Gasteiger partial charge < -0.3 is 4.74 Å². The van der Waals surface area contributed by atoms with Crippen molar-refractivity contribution in [2.75, 3.05) is 6.61 Å². The molecule has 4 nitrogen and oxygen atoms in total. The van der Waals surface area contributed by atoms with Crippen molar-refractivity contribution in [2.24, 2.45) is 16.8 Å². The summed E-state index contributed by atoms with van der Waals surface area (Å²) in [5.41, 5.74) is 1.65. The Kier molecular flexibility index (Phi) is 4.41. The van der Waals surface area contributed by atoms with E-state index in [1.165, 1.54) is 18.2 Å². The van der Waals surface area contributed by atoms with Gasteiger partial charge in [0.1, 0.15) is 5.75 Å².